The maximum Gasteiger partial charge on any atom is 0.305 e. The van der Waals surface area contributed by atoms with E-state index in [4.69, 9.17) is 9.84 Å². The molecule has 0 bridgehead atoms. The molecule has 1 amide bonds. The van der Waals surface area contributed by atoms with E-state index in [1.165, 1.54) is 0 Å². The molecule has 0 aromatic heterocycles. The number of nitrogens with one attached hydrogen (secondary N) is 1. The average Bonchev–Trinajstić information content (AvgIpc) is 2.89. The lowest BCUT2D eigenvalue weighted by Gasteiger charge is -2.27. The van der Waals surface area contributed by atoms with Gasteiger partial charge in [0.05, 0.1) is 18.6 Å². The first kappa shape index (κ1) is 13.1. The van der Waals surface area contributed by atoms with Crippen molar-refractivity contribution in [2.75, 3.05) is 13.2 Å². The van der Waals surface area contributed by atoms with Gasteiger partial charge < -0.3 is 15.2 Å². The van der Waals surface area contributed by atoms with Crippen LogP contribution in [0, 0.1) is 5.92 Å². The van der Waals surface area contributed by atoms with Gasteiger partial charge in [0.2, 0.25) is 5.91 Å². The summed E-state index contributed by atoms with van der Waals surface area (Å²) in [6.07, 6.45) is 7.14. The predicted octanol–water partition coefficient (Wildman–Crippen LogP) is 1.09. The van der Waals surface area contributed by atoms with Gasteiger partial charge >= 0.3 is 5.97 Å². The maximum atomic E-state index is 11.9. The summed E-state index contributed by atoms with van der Waals surface area (Å²) in [6.45, 7) is 0.808. The molecule has 1 heterocycles. The Hall–Kier alpha value is -1.36. The number of amides is 1. The summed E-state index contributed by atoms with van der Waals surface area (Å²) in [7, 11) is 0. The van der Waals surface area contributed by atoms with Crippen LogP contribution >= 0.6 is 0 Å². The minimum atomic E-state index is -0.901. The molecule has 2 unspecified atom stereocenters. The quantitative estimate of drug-likeness (QED) is 0.719. The molecule has 2 rings (SSSR count). The zero-order valence-electron chi connectivity index (χ0n) is 10.4. The van der Waals surface area contributed by atoms with Crippen molar-refractivity contribution in [1.29, 1.82) is 0 Å². The van der Waals surface area contributed by atoms with Crippen molar-refractivity contribution in [1.82, 2.24) is 5.32 Å². The fourth-order valence-electron chi connectivity index (χ4n) is 2.63. The van der Waals surface area contributed by atoms with Gasteiger partial charge in [-0.1, -0.05) is 12.2 Å². The summed E-state index contributed by atoms with van der Waals surface area (Å²) in [6, 6.07) is 0. The van der Waals surface area contributed by atoms with Crippen LogP contribution in [0.4, 0.5) is 0 Å². The summed E-state index contributed by atoms with van der Waals surface area (Å²) in [5.41, 5.74) is -0.703. The van der Waals surface area contributed by atoms with Crippen molar-refractivity contribution in [2.24, 2.45) is 5.92 Å². The van der Waals surface area contributed by atoms with E-state index < -0.39 is 11.5 Å². The molecule has 0 spiro atoms. The van der Waals surface area contributed by atoms with Gasteiger partial charge in [-0.25, -0.2) is 0 Å². The molecule has 1 aliphatic heterocycles. The highest BCUT2D eigenvalue weighted by Gasteiger charge is 2.38. The van der Waals surface area contributed by atoms with Gasteiger partial charge in [0.1, 0.15) is 0 Å². The molecule has 18 heavy (non-hydrogen) atoms. The van der Waals surface area contributed by atoms with E-state index in [-0.39, 0.29) is 12.3 Å². The van der Waals surface area contributed by atoms with Gasteiger partial charge in [0.15, 0.2) is 0 Å². The highest BCUT2D eigenvalue weighted by molar-refractivity contribution is 5.79. The van der Waals surface area contributed by atoms with E-state index in [0.717, 1.165) is 12.8 Å². The van der Waals surface area contributed by atoms with Crippen LogP contribution in [0.5, 0.6) is 0 Å². The summed E-state index contributed by atoms with van der Waals surface area (Å²) in [4.78, 5) is 22.8. The second-order valence-corrected chi connectivity index (χ2v) is 5.17. The number of carbonyl (C=O) groups is 2. The lowest BCUT2D eigenvalue weighted by molar-refractivity contribution is -0.139. The molecule has 0 radical (unpaired) electrons. The molecule has 2 aliphatic rings. The molecule has 1 fully saturated rings. The first-order valence-electron chi connectivity index (χ1n) is 6.37. The Morgan fingerprint density at radius 3 is 2.89 bits per heavy atom. The van der Waals surface area contributed by atoms with Gasteiger partial charge in [-0.3, -0.25) is 9.59 Å². The molecule has 100 valence electrons. The molecule has 0 saturated carbocycles. The van der Waals surface area contributed by atoms with Gasteiger partial charge in [0.25, 0.3) is 0 Å². The van der Waals surface area contributed by atoms with Crippen LogP contribution in [0.25, 0.3) is 0 Å². The smallest absolute Gasteiger partial charge is 0.305 e. The van der Waals surface area contributed by atoms with E-state index in [0.29, 0.717) is 32.0 Å². The van der Waals surface area contributed by atoms with Crippen LogP contribution in [-0.2, 0) is 14.3 Å². The molecule has 2 atom stereocenters. The number of hydrogen-bond donors (Lipinski definition) is 2. The Balaban J connectivity index is 1.89. The lowest BCUT2D eigenvalue weighted by Crippen LogP contribution is -2.50. The molecule has 1 aliphatic carbocycles. The SMILES string of the molecule is O=C(O)CC1(NC(=O)CC2C=CCC2)CCOC1. The normalized spacial score (nSPS) is 30.6. The maximum absolute atomic E-state index is 11.9. The number of carboxylic acids is 1. The number of aliphatic carboxylic acids is 1. The number of carboxylic acid groups (broad SMARTS) is 1. The largest absolute Gasteiger partial charge is 0.481 e. The number of carbonyl (C=O) groups excluding carboxylic acids is 1. The second-order valence-electron chi connectivity index (χ2n) is 5.17. The van der Waals surface area contributed by atoms with Crippen LogP contribution < -0.4 is 5.32 Å². The number of hydrogen-bond acceptors (Lipinski definition) is 3. The van der Waals surface area contributed by atoms with Crippen molar-refractivity contribution >= 4 is 11.9 Å². The molecule has 5 heteroatoms. The minimum Gasteiger partial charge on any atom is -0.481 e. The summed E-state index contributed by atoms with van der Waals surface area (Å²) in [5, 5.41) is 11.8. The standard InChI is InChI=1S/C13H19NO4/c15-11(7-10-3-1-2-4-10)14-13(8-12(16)17)5-6-18-9-13/h1,3,10H,2,4-9H2,(H,14,15)(H,16,17). The summed E-state index contributed by atoms with van der Waals surface area (Å²) >= 11 is 0. The molecular weight excluding hydrogens is 234 g/mol. The van der Waals surface area contributed by atoms with Crippen molar-refractivity contribution < 1.29 is 19.4 Å². The first-order valence-corrected chi connectivity index (χ1v) is 6.37. The van der Waals surface area contributed by atoms with E-state index in [2.05, 4.69) is 17.5 Å². The van der Waals surface area contributed by atoms with Crippen molar-refractivity contribution in [3.8, 4) is 0 Å². The number of rotatable bonds is 5. The van der Waals surface area contributed by atoms with E-state index in [1.54, 1.807) is 0 Å². The molecule has 0 aromatic rings. The van der Waals surface area contributed by atoms with Crippen molar-refractivity contribution in [2.45, 2.75) is 37.6 Å². The molecule has 2 N–H and O–H groups in total. The van der Waals surface area contributed by atoms with Crippen LogP contribution in [0.3, 0.4) is 0 Å². The lowest BCUT2D eigenvalue weighted by atomic mass is 9.93. The van der Waals surface area contributed by atoms with Crippen LogP contribution in [0.1, 0.15) is 32.1 Å². The summed E-state index contributed by atoms with van der Waals surface area (Å²) in [5.74, 6) is -0.672. The third kappa shape index (κ3) is 3.32. The fourth-order valence-corrected chi connectivity index (χ4v) is 2.63. The van der Waals surface area contributed by atoms with Crippen LogP contribution in [-0.4, -0.2) is 35.7 Å². The monoisotopic (exact) mass is 253 g/mol. The predicted molar refractivity (Wildman–Crippen MR) is 65.0 cm³/mol. The van der Waals surface area contributed by atoms with Crippen molar-refractivity contribution in [3.63, 3.8) is 0 Å². The van der Waals surface area contributed by atoms with Gasteiger partial charge in [0, 0.05) is 13.0 Å². The first-order chi connectivity index (χ1) is 8.60. The molecule has 1 saturated heterocycles. The minimum absolute atomic E-state index is 0.0702. The highest BCUT2D eigenvalue weighted by Crippen LogP contribution is 2.25. The Bertz CT molecular complexity index is 358. The molecular formula is C13H19NO4. The van der Waals surface area contributed by atoms with E-state index in [9.17, 15) is 9.59 Å². The Labute approximate surface area is 106 Å². The number of ether oxygens (including phenoxy) is 1. The topological polar surface area (TPSA) is 75.6 Å². The zero-order valence-corrected chi connectivity index (χ0v) is 10.4. The average molecular weight is 253 g/mol. The van der Waals surface area contributed by atoms with Crippen LogP contribution in [0.2, 0.25) is 0 Å². The molecule has 0 aromatic carbocycles. The third-order valence-corrected chi connectivity index (χ3v) is 3.56. The fraction of sp³-hybridized carbons (Fsp3) is 0.692. The van der Waals surface area contributed by atoms with E-state index >= 15 is 0 Å². The van der Waals surface area contributed by atoms with Crippen molar-refractivity contribution in [3.05, 3.63) is 12.2 Å². The molecule has 5 nitrogen and oxygen atoms in total. The highest BCUT2D eigenvalue weighted by atomic mass is 16.5. The van der Waals surface area contributed by atoms with Gasteiger partial charge in [-0.2, -0.15) is 0 Å². The number of allylic oxidation sites excluding steroid dienone is 2. The van der Waals surface area contributed by atoms with Gasteiger partial charge in [-0.15, -0.1) is 0 Å². The second kappa shape index (κ2) is 5.52. The van der Waals surface area contributed by atoms with E-state index in [1.807, 2.05) is 0 Å². The Kier molecular flexibility index (Phi) is 4.01. The zero-order chi connectivity index (χ0) is 13.0. The Morgan fingerprint density at radius 1 is 1.50 bits per heavy atom. The van der Waals surface area contributed by atoms with Gasteiger partial charge in [-0.05, 0) is 25.2 Å². The van der Waals surface area contributed by atoms with Crippen LogP contribution in [0.15, 0.2) is 12.2 Å². The Morgan fingerprint density at radius 2 is 2.33 bits per heavy atom. The third-order valence-electron chi connectivity index (χ3n) is 3.56. The summed E-state index contributed by atoms with van der Waals surface area (Å²) < 4.78 is 5.24.